The number of carboxylic acid groups (broad SMARTS) is 1. The van der Waals surface area contributed by atoms with Gasteiger partial charge in [0.1, 0.15) is 5.82 Å². The summed E-state index contributed by atoms with van der Waals surface area (Å²) < 4.78 is 13.7. The number of amides is 1. The average molecular weight is 358 g/mol. The molecule has 2 rings (SSSR count). The summed E-state index contributed by atoms with van der Waals surface area (Å²) in [5.74, 6) is -0.229. The number of nitrogen functional groups attached to an aromatic ring is 1. The zero-order chi connectivity index (χ0) is 19.3. The predicted octanol–water partition coefficient (Wildman–Crippen LogP) is 5.11. The van der Waals surface area contributed by atoms with Crippen LogP contribution in [-0.2, 0) is 6.54 Å². The van der Waals surface area contributed by atoms with Crippen LogP contribution in [0, 0.1) is 11.2 Å². The first kappa shape index (κ1) is 19.8. The van der Waals surface area contributed by atoms with Crippen molar-refractivity contribution in [1.82, 2.24) is 4.90 Å². The molecule has 0 aliphatic carbocycles. The lowest BCUT2D eigenvalue weighted by molar-refractivity contribution is 0.137. The lowest BCUT2D eigenvalue weighted by Gasteiger charge is -2.33. The number of anilines is 1. The maximum absolute atomic E-state index is 13.7. The maximum atomic E-state index is 13.7. The van der Waals surface area contributed by atoms with E-state index in [-0.39, 0.29) is 23.7 Å². The fraction of sp³-hybridized carbons (Fsp3) is 0.381. The van der Waals surface area contributed by atoms with Crippen molar-refractivity contribution in [1.29, 1.82) is 0 Å². The molecule has 0 spiro atoms. The van der Waals surface area contributed by atoms with E-state index in [1.807, 2.05) is 18.2 Å². The monoisotopic (exact) mass is 358 g/mol. The molecule has 0 aliphatic rings. The Morgan fingerprint density at radius 3 is 2.46 bits per heavy atom. The van der Waals surface area contributed by atoms with Gasteiger partial charge in [0, 0.05) is 18.8 Å². The van der Waals surface area contributed by atoms with Gasteiger partial charge in [-0.2, -0.15) is 0 Å². The fourth-order valence-corrected chi connectivity index (χ4v) is 3.26. The molecule has 1 atom stereocenters. The molecule has 0 fully saturated rings. The molecule has 140 valence electrons. The van der Waals surface area contributed by atoms with E-state index in [0.717, 1.165) is 11.1 Å². The topological polar surface area (TPSA) is 66.6 Å². The molecule has 4 nitrogen and oxygen atoms in total. The second-order valence-corrected chi connectivity index (χ2v) is 7.71. The first-order valence-electron chi connectivity index (χ1n) is 8.74. The van der Waals surface area contributed by atoms with Crippen LogP contribution in [0.15, 0.2) is 48.5 Å². The highest BCUT2D eigenvalue weighted by Crippen LogP contribution is 2.38. The highest BCUT2D eigenvalue weighted by Gasteiger charge is 2.27. The van der Waals surface area contributed by atoms with Gasteiger partial charge in [0.25, 0.3) is 0 Å². The Morgan fingerprint density at radius 2 is 1.88 bits per heavy atom. The summed E-state index contributed by atoms with van der Waals surface area (Å²) in [4.78, 5) is 13.1. The van der Waals surface area contributed by atoms with Gasteiger partial charge in [0.2, 0.25) is 0 Å². The molecule has 0 saturated heterocycles. The molecule has 1 unspecified atom stereocenters. The highest BCUT2D eigenvalue weighted by atomic mass is 19.1. The van der Waals surface area contributed by atoms with Gasteiger partial charge in [-0.25, -0.2) is 9.18 Å². The third-order valence-electron chi connectivity index (χ3n) is 4.58. The van der Waals surface area contributed by atoms with Gasteiger partial charge in [-0.3, -0.25) is 0 Å². The molecule has 0 bridgehead atoms. The van der Waals surface area contributed by atoms with Gasteiger partial charge >= 0.3 is 6.09 Å². The van der Waals surface area contributed by atoms with Crippen LogP contribution in [-0.4, -0.2) is 22.6 Å². The Balaban J connectivity index is 2.15. The summed E-state index contributed by atoms with van der Waals surface area (Å²) in [5, 5.41) is 9.57. The van der Waals surface area contributed by atoms with Gasteiger partial charge in [-0.15, -0.1) is 0 Å². The second-order valence-electron chi connectivity index (χ2n) is 7.71. The number of halogens is 1. The average Bonchev–Trinajstić information content (AvgIpc) is 2.52. The Labute approximate surface area is 154 Å². The number of carbonyl (C=O) groups is 1. The van der Waals surface area contributed by atoms with E-state index in [2.05, 4.69) is 20.8 Å². The summed E-state index contributed by atoms with van der Waals surface area (Å²) in [6.45, 7) is 6.91. The Morgan fingerprint density at radius 1 is 1.19 bits per heavy atom. The SMILES string of the molecule is CC(C)(C)C(CCN(Cc1cccc(N)c1)C(=O)O)c1cccc(F)c1. The molecule has 3 N–H and O–H groups in total. The third kappa shape index (κ3) is 5.48. The van der Waals surface area contributed by atoms with Crippen LogP contribution in [0.1, 0.15) is 44.2 Å². The number of hydrogen-bond donors (Lipinski definition) is 2. The van der Waals surface area contributed by atoms with Crippen molar-refractivity contribution in [2.45, 2.75) is 39.7 Å². The van der Waals surface area contributed by atoms with Gasteiger partial charge in [-0.05, 0) is 53.1 Å². The van der Waals surface area contributed by atoms with Crippen molar-refractivity contribution in [2.24, 2.45) is 5.41 Å². The maximum Gasteiger partial charge on any atom is 0.407 e. The highest BCUT2D eigenvalue weighted by molar-refractivity contribution is 5.65. The normalized spacial score (nSPS) is 12.6. The molecule has 1 amide bonds. The lowest BCUT2D eigenvalue weighted by atomic mass is 9.74. The minimum absolute atomic E-state index is 0.0425. The summed E-state index contributed by atoms with van der Waals surface area (Å²) in [5.41, 5.74) is 8.02. The van der Waals surface area contributed by atoms with E-state index in [4.69, 9.17) is 5.73 Å². The minimum atomic E-state index is -0.973. The van der Waals surface area contributed by atoms with Gasteiger partial charge in [0.15, 0.2) is 0 Å². The molecule has 0 radical (unpaired) electrons. The second kappa shape index (κ2) is 8.21. The van der Waals surface area contributed by atoms with E-state index in [1.54, 1.807) is 24.3 Å². The molecule has 5 heteroatoms. The van der Waals surface area contributed by atoms with Gasteiger partial charge < -0.3 is 15.7 Å². The number of benzene rings is 2. The molecule has 2 aromatic carbocycles. The first-order valence-corrected chi connectivity index (χ1v) is 8.74. The van der Waals surface area contributed by atoms with Crippen molar-refractivity contribution in [3.8, 4) is 0 Å². The number of rotatable bonds is 6. The molecule has 26 heavy (non-hydrogen) atoms. The van der Waals surface area contributed by atoms with E-state index in [9.17, 15) is 14.3 Å². The van der Waals surface area contributed by atoms with Crippen LogP contribution in [0.2, 0.25) is 0 Å². The quantitative estimate of drug-likeness (QED) is 0.705. The number of hydrogen-bond acceptors (Lipinski definition) is 2. The third-order valence-corrected chi connectivity index (χ3v) is 4.58. The molecule has 0 saturated carbocycles. The largest absolute Gasteiger partial charge is 0.465 e. The van der Waals surface area contributed by atoms with E-state index in [0.29, 0.717) is 18.7 Å². The zero-order valence-electron chi connectivity index (χ0n) is 15.6. The molecule has 0 aliphatic heterocycles. The Kier molecular flexibility index (Phi) is 6.24. The van der Waals surface area contributed by atoms with Gasteiger partial charge in [-0.1, -0.05) is 45.0 Å². The number of nitrogens with zero attached hydrogens (tertiary/aromatic N) is 1. The Bertz CT molecular complexity index is 756. The standard InChI is InChI=1S/C21H27FN2O2/c1-21(2,3)19(16-7-5-8-17(22)13-16)10-11-24(20(25)26)14-15-6-4-9-18(23)12-15/h4-9,12-13,19H,10-11,14,23H2,1-3H3,(H,25,26). The van der Waals surface area contributed by atoms with Crippen LogP contribution in [0.25, 0.3) is 0 Å². The van der Waals surface area contributed by atoms with Crippen molar-refractivity contribution in [3.63, 3.8) is 0 Å². The Hall–Kier alpha value is -2.56. The first-order chi connectivity index (χ1) is 12.2. The molecular weight excluding hydrogens is 331 g/mol. The molecular formula is C21H27FN2O2. The van der Waals surface area contributed by atoms with Crippen LogP contribution >= 0.6 is 0 Å². The summed E-state index contributed by atoms with van der Waals surface area (Å²) in [7, 11) is 0. The van der Waals surface area contributed by atoms with Crippen LogP contribution < -0.4 is 5.73 Å². The van der Waals surface area contributed by atoms with Crippen LogP contribution in [0.5, 0.6) is 0 Å². The summed E-state index contributed by atoms with van der Waals surface area (Å²) in [6.07, 6.45) is -0.360. The van der Waals surface area contributed by atoms with E-state index < -0.39 is 6.09 Å². The van der Waals surface area contributed by atoms with Crippen LogP contribution in [0.4, 0.5) is 14.9 Å². The molecule has 0 heterocycles. The zero-order valence-corrected chi connectivity index (χ0v) is 15.6. The summed E-state index contributed by atoms with van der Waals surface area (Å²) >= 11 is 0. The summed E-state index contributed by atoms with van der Waals surface area (Å²) in [6, 6.07) is 13.8. The van der Waals surface area contributed by atoms with E-state index in [1.165, 1.54) is 11.0 Å². The van der Waals surface area contributed by atoms with Crippen molar-refractivity contribution < 1.29 is 14.3 Å². The molecule has 2 aromatic rings. The predicted molar refractivity (Wildman–Crippen MR) is 103 cm³/mol. The van der Waals surface area contributed by atoms with Gasteiger partial charge in [0.05, 0.1) is 0 Å². The van der Waals surface area contributed by atoms with Crippen molar-refractivity contribution in [3.05, 3.63) is 65.5 Å². The smallest absolute Gasteiger partial charge is 0.407 e. The van der Waals surface area contributed by atoms with Crippen molar-refractivity contribution in [2.75, 3.05) is 12.3 Å². The minimum Gasteiger partial charge on any atom is -0.465 e. The fourth-order valence-electron chi connectivity index (χ4n) is 3.26. The molecule has 0 aromatic heterocycles. The lowest BCUT2D eigenvalue weighted by Crippen LogP contribution is -2.32. The van der Waals surface area contributed by atoms with Crippen LogP contribution in [0.3, 0.4) is 0 Å². The number of nitrogens with two attached hydrogens (primary N) is 1. The van der Waals surface area contributed by atoms with E-state index >= 15 is 0 Å². The van der Waals surface area contributed by atoms with Crippen molar-refractivity contribution >= 4 is 11.8 Å².